The summed E-state index contributed by atoms with van der Waals surface area (Å²) in [5, 5.41) is 13.6. The van der Waals surface area contributed by atoms with E-state index in [0.717, 1.165) is 11.1 Å². The van der Waals surface area contributed by atoms with Crippen molar-refractivity contribution in [3.8, 4) is 0 Å². The molecule has 1 aromatic carbocycles. The molecule has 1 aliphatic heterocycles. The molecule has 0 bridgehead atoms. The quantitative estimate of drug-likeness (QED) is 0.466. The van der Waals surface area contributed by atoms with Crippen LogP contribution in [0.5, 0.6) is 0 Å². The molecule has 0 amide bonds. The lowest BCUT2D eigenvalue weighted by Gasteiger charge is -2.23. The molecule has 6 nitrogen and oxygen atoms in total. The fourth-order valence-electron chi connectivity index (χ4n) is 1.92. The van der Waals surface area contributed by atoms with Gasteiger partial charge < -0.3 is 10.1 Å². The van der Waals surface area contributed by atoms with Crippen LogP contribution in [0.25, 0.3) is 0 Å². The molecular weight excluding hydrogens is 224 g/mol. The molecule has 0 radical (unpaired) electrons. The van der Waals surface area contributed by atoms with Crippen molar-refractivity contribution in [1.29, 1.82) is 0 Å². The van der Waals surface area contributed by atoms with Gasteiger partial charge in [-0.3, -0.25) is 14.9 Å². The van der Waals surface area contributed by atoms with Crippen LogP contribution >= 0.6 is 0 Å². The lowest BCUT2D eigenvalue weighted by Crippen LogP contribution is -2.42. The molecule has 17 heavy (non-hydrogen) atoms. The van der Waals surface area contributed by atoms with E-state index >= 15 is 0 Å². The molecule has 1 aliphatic rings. The van der Waals surface area contributed by atoms with Crippen molar-refractivity contribution < 1.29 is 14.5 Å². The number of nitro benzene ring substituents is 1. The van der Waals surface area contributed by atoms with Crippen LogP contribution in [-0.2, 0) is 22.5 Å². The Kier molecular flexibility index (Phi) is 3.06. The van der Waals surface area contributed by atoms with Crippen molar-refractivity contribution >= 4 is 11.7 Å². The molecular formula is C11H12N2O4. The maximum Gasteiger partial charge on any atom is 0.323 e. The maximum absolute atomic E-state index is 11.4. The highest BCUT2D eigenvalue weighted by Gasteiger charge is 2.25. The molecule has 0 fully saturated rings. The molecule has 0 spiro atoms. The number of non-ortho nitro benzene ring substituents is 1. The van der Waals surface area contributed by atoms with E-state index in [4.69, 9.17) is 0 Å². The SMILES string of the molecule is COC(=O)C1Cc2ccc([N+](=O)[O-])cc2CN1. The van der Waals surface area contributed by atoms with Gasteiger partial charge in [-0.1, -0.05) is 6.07 Å². The number of nitrogens with zero attached hydrogens (tertiary/aromatic N) is 1. The van der Waals surface area contributed by atoms with Gasteiger partial charge in [0.2, 0.25) is 0 Å². The van der Waals surface area contributed by atoms with Gasteiger partial charge in [0.05, 0.1) is 12.0 Å². The minimum Gasteiger partial charge on any atom is -0.468 e. The van der Waals surface area contributed by atoms with E-state index in [1.807, 2.05) is 0 Å². The molecule has 90 valence electrons. The van der Waals surface area contributed by atoms with Crippen molar-refractivity contribution in [2.24, 2.45) is 0 Å². The Labute approximate surface area is 97.7 Å². The summed E-state index contributed by atoms with van der Waals surface area (Å²) in [5.74, 6) is -0.311. The van der Waals surface area contributed by atoms with Gasteiger partial charge in [-0.2, -0.15) is 0 Å². The lowest BCUT2D eigenvalue weighted by atomic mass is 9.95. The van der Waals surface area contributed by atoms with E-state index in [0.29, 0.717) is 13.0 Å². The number of fused-ring (bicyclic) bond motifs is 1. The third kappa shape index (κ3) is 2.26. The Bertz CT molecular complexity index is 473. The predicted molar refractivity (Wildman–Crippen MR) is 59.4 cm³/mol. The van der Waals surface area contributed by atoms with Gasteiger partial charge in [-0.25, -0.2) is 0 Å². The van der Waals surface area contributed by atoms with E-state index in [9.17, 15) is 14.9 Å². The normalized spacial score (nSPS) is 18.3. The number of carbonyl (C=O) groups excluding carboxylic acids is 1. The fraction of sp³-hybridized carbons (Fsp3) is 0.364. The number of carbonyl (C=O) groups is 1. The van der Waals surface area contributed by atoms with Crippen molar-refractivity contribution in [3.05, 3.63) is 39.4 Å². The summed E-state index contributed by atoms with van der Waals surface area (Å²) in [7, 11) is 1.34. The number of ether oxygens (including phenoxy) is 1. The minimum atomic E-state index is -0.424. The summed E-state index contributed by atoms with van der Waals surface area (Å²) in [6.45, 7) is 0.441. The first-order valence-corrected chi connectivity index (χ1v) is 5.19. The Morgan fingerprint density at radius 2 is 2.29 bits per heavy atom. The zero-order chi connectivity index (χ0) is 12.4. The first-order valence-electron chi connectivity index (χ1n) is 5.19. The van der Waals surface area contributed by atoms with E-state index < -0.39 is 4.92 Å². The minimum absolute atomic E-state index is 0.0714. The van der Waals surface area contributed by atoms with Crippen LogP contribution < -0.4 is 5.32 Å². The number of nitro groups is 1. The number of nitrogens with one attached hydrogen (secondary N) is 1. The average molecular weight is 236 g/mol. The van der Waals surface area contributed by atoms with Crippen LogP contribution in [0.3, 0.4) is 0 Å². The molecule has 2 rings (SSSR count). The largest absolute Gasteiger partial charge is 0.468 e. The molecule has 1 N–H and O–H groups in total. The summed E-state index contributed by atoms with van der Waals surface area (Å²) in [6.07, 6.45) is 0.500. The lowest BCUT2D eigenvalue weighted by molar-refractivity contribution is -0.384. The van der Waals surface area contributed by atoms with Crippen LogP contribution in [0.2, 0.25) is 0 Å². The molecule has 1 unspecified atom stereocenters. The topological polar surface area (TPSA) is 81.5 Å². The van der Waals surface area contributed by atoms with Crippen molar-refractivity contribution in [2.45, 2.75) is 19.0 Å². The number of hydrogen-bond acceptors (Lipinski definition) is 5. The van der Waals surface area contributed by atoms with Crippen LogP contribution in [0.4, 0.5) is 5.69 Å². The van der Waals surface area contributed by atoms with Gasteiger partial charge in [0.15, 0.2) is 0 Å². The summed E-state index contributed by atoms with van der Waals surface area (Å²) in [4.78, 5) is 21.6. The first-order chi connectivity index (χ1) is 8.11. The average Bonchev–Trinajstić information content (AvgIpc) is 2.36. The van der Waals surface area contributed by atoms with Crippen molar-refractivity contribution in [3.63, 3.8) is 0 Å². The highest BCUT2D eigenvalue weighted by Crippen LogP contribution is 2.22. The Morgan fingerprint density at radius 3 is 2.94 bits per heavy atom. The van der Waals surface area contributed by atoms with Gasteiger partial charge in [-0.05, 0) is 17.5 Å². The Balaban J connectivity index is 2.23. The molecule has 0 aromatic heterocycles. The van der Waals surface area contributed by atoms with Crippen LogP contribution in [-0.4, -0.2) is 24.0 Å². The molecule has 0 saturated carbocycles. The number of benzene rings is 1. The second-order valence-corrected chi connectivity index (χ2v) is 3.87. The highest BCUT2D eigenvalue weighted by atomic mass is 16.6. The second kappa shape index (κ2) is 4.50. The monoisotopic (exact) mass is 236 g/mol. The van der Waals surface area contributed by atoms with Gasteiger partial charge in [0, 0.05) is 18.7 Å². The second-order valence-electron chi connectivity index (χ2n) is 3.87. The van der Waals surface area contributed by atoms with E-state index in [1.165, 1.54) is 19.2 Å². The van der Waals surface area contributed by atoms with Gasteiger partial charge in [0.25, 0.3) is 5.69 Å². The standard InChI is InChI=1S/C11H12N2O4/c1-17-11(14)10-5-7-2-3-9(13(15)16)4-8(7)6-12-10/h2-4,10,12H,5-6H2,1H3. The summed E-state index contributed by atoms with van der Waals surface area (Å²) in [6, 6.07) is 4.33. The van der Waals surface area contributed by atoms with E-state index in [1.54, 1.807) is 6.07 Å². The molecule has 1 atom stereocenters. The highest BCUT2D eigenvalue weighted by molar-refractivity contribution is 5.76. The fourth-order valence-corrected chi connectivity index (χ4v) is 1.92. The van der Waals surface area contributed by atoms with Gasteiger partial charge in [-0.15, -0.1) is 0 Å². The third-order valence-electron chi connectivity index (χ3n) is 2.85. The van der Waals surface area contributed by atoms with Crippen LogP contribution in [0.15, 0.2) is 18.2 Å². The smallest absolute Gasteiger partial charge is 0.323 e. The van der Waals surface area contributed by atoms with Crippen molar-refractivity contribution in [2.75, 3.05) is 7.11 Å². The molecule has 6 heteroatoms. The van der Waals surface area contributed by atoms with E-state index in [2.05, 4.69) is 10.1 Å². The van der Waals surface area contributed by atoms with Crippen LogP contribution in [0.1, 0.15) is 11.1 Å². The number of hydrogen-bond donors (Lipinski definition) is 1. The Hall–Kier alpha value is -1.95. The van der Waals surface area contributed by atoms with Crippen LogP contribution in [0, 0.1) is 10.1 Å². The molecule has 0 aliphatic carbocycles. The number of rotatable bonds is 2. The zero-order valence-electron chi connectivity index (χ0n) is 9.30. The third-order valence-corrected chi connectivity index (χ3v) is 2.85. The Morgan fingerprint density at radius 1 is 1.53 bits per heavy atom. The molecule has 1 aromatic rings. The van der Waals surface area contributed by atoms with Crippen molar-refractivity contribution in [1.82, 2.24) is 5.32 Å². The summed E-state index contributed by atoms with van der Waals surface area (Å²) >= 11 is 0. The van der Waals surface area contributed by atoms with Gasteiger partial charge in [0.1, 0.15) is 6.04 Å². The maximum atomic E-state index is 11.4. The zero-order valence-corrected chi connectivity index (χ0v) is 9.30. The summed E-state index contributed by atoms with van der Waals surface area (Å²) in [5.41, 5.74) is 1.88. The number of esters is 1. The number of methoxy groups -OCH3 is 1. The first kappa shape index (κ1) is 11.5. The molecule has 1 heterocycles. The molecule has 0 saturated heterocycles. The summed E-state index contributed by atoms with van der Waals surface area (Å²) < 4.78 is 4.66. The predicted octanol–water partition coefficient (Wildman–Crippen LogP) is 0.782. The van der Waals surface area contributed by atoms with E-state index in [-0.39, 0.29) is 17.7 Å². The van der Waals surface area contributed by atoms with Gasteiger partial charge >= 0.3 is 5.97 Å².